The van der Waals surface area contributed by atoms with Crippen LogP contribution in [0.4, 0.5) is 0 Å². The summed E-state index contributed by atoms with van der Waals surface area (Å²) < 4.78 is 1.04. The summed E-state index contributed by atoms with van der Waals surface area (Å²) in [5.41, 5.74) is 3.07. The second kappa shape index (κ2) is 3.38. The van der Waals surface area contributed by atoms with E-state index in [0.717, 1.165) is 25.7 Å². The van der Waals surface area contributed by atoms with E-state index in [1.54, 1.807) is 6.07 Å². The lowest BCUT2D eigenvalue weighted by atomic mass is 10.1. The van der Waals surface area contributed by atoms with Gasteiger partial charge in [0.2, 0.25) is 0 Å². The second-order valence-corrected chi connectivity index (χ2v) is 4.51. The molecule has 0 aliphatic heterocycles. The number of aryl methyl sites for hydroxylation is 2. The van der Waals surface area contributed by atoms with E-state index in [2.05, 4.69) is 27.6 Å². The molecule has 0 fully saturated rings. The Labute approximate surface area is 95.5 Å². The summed E-state index contributed by atoms with van der Waals surface area (Å²) in [6.45, 7) is 3.91. The SMILES string of the molecule is Cc1cc(=O)c2c(I)c(C)ccc2[nH]1. The van der Waals surface area contributed by atoms with E-state index in [1.165, 1.54) is 0 Å². The van der Waals surface area contributed by atoms with Gasteiger partial charge in [-0.25, -0.2) is 0 Å². The Morgan fingerprint density at radius 2 is 2.00 bits per heavy atom. The van der Waals surface area contributed by atoms with Crippen LogP contribution in [-0.4, -0.2) is 4.98 Å². The van der Waals surface area contributed by atoms with Crippen molar-refractivity contribution in [2.24, 2.45) is 0 Å². The summed E-state index contributed by atoms with van der Waals surface area (Å²) in [5.74, 6) is 0. The van der Waals surface area contributed by atoms with Gasteiger partial charge in [0.15, 0.2) is 5.43 Å². The van der Waals surface area contributed by atoms with Crippen LogP contribution in [0, 0.1) is 17.4 Å². The third kappa shape index (κ3) is 1.45. The van der Waals surface area contributed by atoms with Crippen molar-refractivity contribution < 1.29 is 0 Å². The number of hydrogen-bond donors (Lipinski definition) is 1. The zero-order valence-corrected chi connectivity index (χ0v) is 10.2. The van der Waals surface area contributed by atoms with Crippen molar-refractivity contribution in [3.8, 4) is 0 Å². The minimum Gasteiger partial charge on any atom is -0.358 e. The van der Waals surface area contributed by atoms with E-state index in [-0.39, 0.29) is 5.43 Å². The molecule has 72 valence electrons. The number of H-pyrrole nitrogens is 1. The number of fused-ring (bicyclic) bond motifs is 1. The smallest absolute Gasteiger partial charge is 0.190 e. The third-order valence-electron chi connectivity index (χ3n) is 2.26. The monoisotopic (exact) mass is 299 g/mol. The van der Waals surface area contributed by atoms with E-state index in [0.29, 0.717) is 0 Å². The van der Waals surface area contributed by atoms with Crippen molar-refractivity contribution in [1.29, 1.82) is 0 Å². The summed E-state index contributed by atoms with van der Waals surface area (Å²) in [6.07, 6.45) is 0. The molecule has 1 aromatic heterocycles. The third-order valence-corrected chi connectivity index (χ3v) is 3.65. The fourth-order valence-electron chi connectivity index (χ4n) is 1.54. The van der Waals surface area contributed by atoms with Gasteiger partial charge in [-0.2, -0.15) is 0 Å². The van der Waals surface area contributed by atoms with Gasteiger partial charge in [0, 0.05) is 15.3 Å². The van der Waals surface area contributed by atoms with Crippen LogP contribution >= 0.6 is 22.6 Å². The molecule has 0 saturated heterocycles. The molecule has 2 aromatic rings. The van der Waals surface area contributed by atoms with Crippen LogP contribution in [0.15, 0.2) is 23.0 Å². The number of hydrogen-bond acceptors (Lipinski definition) is 1. The Balaban J connectivity index is 3.03. The highest BCUT2D eigenvalue weighted by Crippen LogP contribution is 2.19. The predicted octanol–water partition coefficient (Wildman–Crippen LogP) is 2.75. The van der Waals surface area contributed by atoms with Crippen molar-refractivity contribution in [2.75, 3.05) is 0 Å². The molecular formula is C11H10INO. The average molecular weight is 299 g/mol. The van der Waals surface area contributed by atoms with Crippen LogP contribution in [0.1, 0.15) is 11.3 Å². The van der Waals surface area contributed by atoms with E-state index in [4.69, 9.17) is 0 Å². The number of aromatic amines is 1. The number of benzene rings is 1. The minimum absolute atomic E-state index is 0.101. The summed E-state index contributed by atoms with van der Waals surface area (Å²) in [4.78, 5) is 14.9. The zero-order valence-electron chi connectivity index (χ0n) is 8.02. The fourth-order valence-corrected chi connectivity index (χ4v) is 2.28. The molecule has 1 aromatic carbocycles. The number of halogens is 1. The molecule has 0 aliphatic rings. The van der Waals surface area contributed by atoms with Gasteiger partial charge in [0.25, 0.3) is 0 Å². The maximum absolute atomic E-state index is 11.7. The normalized spacial score (nSPS) is 10.8. The van der Waals surface area contributed by atoms with Gasteiger partial charge in [-0.3, -0.25) is 4.79 Å². The molecule has 0 spiro atoms. The van der Waals surface area contributed by atoms with Gasteiger partial charge in [-0.05, 0) is 48.1 Å². The summed E-state index contributed by atoms with van der Waals surface area (Å²) >= 11 is 2.22. The fraction of sp³-hybridized carbons (Fsp3) is 0.182. The van der Waals surface area contributed by atoms with Gasteiger partial charge in [0.1, 0.15) is 0 Å². The molecule has 1 N–H and O–H groups in total. The molecule has 0 bridgehead atoms. The van der Waals surface area contributed by atoms with Crippen LogP contribution in [0.2, 0.25) is 0 Å². The largest absolute Gasteiger partial charge is 0.358 e. The van der Waals surface area contributed by atoms with Crippen molar-refractivity contribution >= 4 is 33.5 Å². The zero-order chi connectivity index (χ0) is 10.3. The Kier molecular flexibility index (Phi) is 2.34. The van der Waals surface area contributed by atoms with Crippen LogP contribution in [0.25, 0.3) is 10.9 Å². The molecule has 0 radical (unpaired) electrons. The molecular weight excluding hydrogens is 289 g/mol. The maximum Gasteiger partial charge on any atom is 0.190 e. The van der Waals surface area contributed by atoms with Crippen molar-refractivity contribution in [2.45, 2.75) is 13.8 Å². The summed E-state index contributed by atoms with van der Waals surface area (Å²) in [5, 5.41) is 0.802. The quantitative estimate of drug-likeness (QED) is 0.746. The second-order valence-electron chi connectivity index (χ2n) is 3.44. The Morgan fingerprint density at radius 3 is 2.71 bits per heavy atom. The molecule has 2 rings (SSSR count). The van der Waals surface area contributed by atoms with Crippen LogP contribution in [-0.2, 0) is 0 Å². The number of rotatable bonds is 0. The Morgan fingerprint density at radius 1 is 1.29 bits per heavy atom. The molecule has 0 unspecified atom stereocenters. The highest BCUT2D eigenvalue weighted by molar-refractivity contribution is 14.1. The first-order valence-electron chi connectivity index (χ1n) is 4.38. The molecule has 2 nitrogen and oxygen atoms in total. The molecule has 0 atom stereocenters. The maximum atomic E-state index is 11.7. The topological polar surface area (TPSA) is 32.9 Å². The Bertz CT molecular complexity index is 557. The first-order valence-corrected chi connectivity index (χ1v) is 5.46. The van der Waals surface area contributed by atoms with Crippen molar-refractivity contribution in [3.05, 3.63) is 43.2 Å². The highest BCUT2D eigenvalue weighted by Gasteiger charge is 2.05. The standard InChI is InChI=1S/C11H10INO/c1-6-3-4-8-10(11(6)12)9(14)5-7(2)13-8/h3-5H,1-2H3,(H,13,14). The van der Waals surface area contributed by atoms with Gasteiger partial charge >= 0.3 is 0 Å². The minimum atomic E-state index is 0.101. The lowest BCUT2D eigenvalue weighted by molar-refractivity contribution is 1.24. The van der Waals surface area contributed by atoms with E-state index in [1.807, 2.05) is 26.0 Å². The Hall–Kier alpha value is -0.840. The molecule has 14 heavy (non-hydrogen) atoms. The van der Waals surface area contributed by atoms with E-state index >= 15 is 0 Å². The first kappa shape index (κ1) is 9.71. The van der Waals surface area contributed by atoms with Gasteiger partial charge in [-0.15, -0.1) is 0 Å². The van der Waals surface area contributed by atoms with Crippen molar-refractivity contribution in [3.63, 3.8) is 0 Å². The number of nitrogens with one attached hydrogen (secondary N) is 1. The molecule has 3 heteroatoms. The lowest BCUT2D eigenvalue weighted by Crippen LogP contribution is -2.05. The highest BCUT2D eigenvalue weighted by atomic mass is 127. The predicted molar refractivity (Wildman–Crippen MR) is 66.8 cm³/mol. The van der Waals surface area contributed by atoms with E-state index < -0.39 is 0 Å². The van der Waals surface area contributed by atoms with Crippen LogP contribution in [0.5, 0.6) is 0 Å². The first-order chi connectivity index (χ1) is 6.59. The van der Waals surface area contributed by atoms with Crippen LogP contribution in [0.3, 0.4) is 0 Å². The summed E-state index contributed by atoms with van der Waals surface area (Å²) in [6, 6.07) is 5.63. The van der Waals surface area contributed by atoms with E-state index in [9.17, 15) is 4.79 Å². The molecule has 1 heterocycles. The van der Waals surface area contributed by atoms with Crippen LogP contribution < -0.4 is 5.43 Å². The number of aromatic nitrogens is 1. The van der Waals surface area contributed by atoms with Gasteiger partial charge in [0.05, 0.1) is 10.9 Å². The van der Waals surface area contributed by atoms with Gasteiger partial charge < -0.3 is 4.98 Å². The average Bonchev–Trinajstić information content (AvgIpc) is 2.10. The van der Waals surface area contributed by atoms with Crippen molar-refractivity contribution in [1.82, 2.24) is 4.98 Å². The molecule has 0 saturated carbocycles. The van der Waals surface area contributed by atoms with Gasteiger partial charge in [-0.1, -0.05) is 6.07 Å². The lowest BCUT2D eigenvalue weighted by Gasteiger charge is -2.04. The molecule has 0 aliphatic carbocycles. The molecule has 0 amide bonds. The number of pyridine rings is 1. The summed E-state index contributed by atoms with van der Waals surface area (Å²) in [7, 11) is 0.